The second kappa shape index (κ2) is 6.30. The van der Waals surface area contributed by atoms with Crippen LogP contribution in [-0.2, 0) is 11.3 Å². The molecular weight excluding hydrogens is 222 g/mol. The Hall–Kier alpha value is -0.490. The minimum atomic E-state index is 0.507. The predicted octanol–water partition coefficient (Wildman–Crippen LogP) is 0.857. The third kappa shape index (κ3) is 3.25. The van der Waals surface area contributed by atoms with Crippen LogP contribution in [0, 0.1) is 5.92 Å². The maximum absolute atomic E-state index is 5.49. The fourth-order valence-electron chi connectivity index (χ4n) is 2.00. The molecule has 2 atom stereocenters. The zero-order valence-electron chi connectivity index (χ0n) is 9.61. The minimum Gasteiger partial charge on any atom is -0.379 e. The molecule has 0 amide bonds. The van der Waals surface area contributed by atoms with Crippen molar-refractivity contribution in [2.24, 2.45) is 5.92 Å². The Morgan fingerprint density at radius 1 is 1.56 bits per heavy atom. The molecule has 1 saturated heterocycles. The zero-order valence-corrected chi connectivity index (χ0v) is 10.4. The molecule has 2 rings (SSSR count). The van der Waals surface area contributed by atoms with Crippen LogP contribution in [-0.4, -0.2) is 37.3 Å². The van der Waals surface area contributed by atoms with Gasteiger partial charge in [0.15, 0.2) is 0 Å². The first-order valence-corrected chi connectivity index (χ1v) is 6.73. The van der Waals surface area contributed by atoms with E-state index in [1.165, 1.54) is 0 Å². The summed E-state index contributed by atoms with van der Waals surface area (Å²) in [5.74, 6) is 0.582. The number of ether oxygens (including phenoxy) is 1. The summed E-state index contributed by atoms with van der Waals surface area (Å²) in [5, 5.41) is 8.99. The molecule has 1 fully saturated rings. The minimum absolute atomic E-state index is 0.507. The predicted molar refractivity (Wildman–Crippen MR) is 65.6 cm³/mol. The van der Waals surface area contributed by atoms with Crippen molar-refractivity contribution in [2.75, 3.05) is 26.3 Å². The molecule has 1 aromatic heterocycles. The standard InChI is InChI=1S/C11H19N3OS/c1-2-13-11-6-15-5-9(11)3-12-4-10-7-16-8-14-10/h7-9,11-13H,2-6H2,1H3. The van der Waals surface area contributed by atoms with Gasteiger partial charge in [-0.25, -0.2) is 4.98 Å². The van der Waals surface area contributed by atoms with E-state index in [0.29, 0.717) is 12.0 Å². The van der Waals surface area contributed by atoms with Crippen LogP contribution in [0.3, 0.4) is 0 Å². The SMILES string of the molecule is CCNC1COCC1CNCc1cscn1. The number of nitrogens with one attached hydrogen (secondary N) is 2. The van der Waals surface area contributed by atoms with Gasteiger partial charge in [0.05, 0.1) is 24.4 Å². The van der Waals surface area contributed by atoms with Gasteiger partial charge in [-0.3, -0.25) is 0 Å². The van der Waals surface area contributed by atoms with E-state index in [1.807, 2.05) is 5.51 Å². The molecule has 0 radical (unpaired) electrons. The van der Waals surface area contributed by atoms with Crippen molar-refractivity contribution in [2.45, 2.75) is 19.5 Å². The summed E-state index contributed by atoms with van der Waals surface area (Å²) >= 11 is 1.64. The number of hydrogen-bond donors (Lipinski definition) is 2. The van der Waals surface area contributed by atoms with Gasteiger partial charge in [-0.05, 0) is 6.54 Å². The summed E-state index contributed by atoms with van der Waals surface area (Å²) in [4.78, 5) is 4.24. The summed E-state index contributed by atoms with van der Waals surface area (Å²) in [7, 11) is 0. The van der Waals surface area contributed by atoms with Gasteiger partial charge < -0.3 is 15.4 Å². The van der Waals surface area contributed by atoms with E-state index in [0.717, 1.165) is 38.5 Å². The highest BCUT2D eigenvalue weighted by molar-refractivity contribution is 7.07. The van der Waals surface area contributed by atoms with E-state index in [9.17, 15) is 0 Å². The van der Waals surface area contributed by atoms with E-state index >= 15 is 0 Å². The summed E-state index contributed by atoms with van der Waals surface area (Å²) in [6.45, 7) is 6.71. The van der Waals surface area contributed by atoms with Crippen molar-refractivity contribution >= 4 is 11.3 Å². The molecule has 16 heavy (non-hydrogen) atoms. The van der Waals surface area contributed by atoms with Crippen molar-refractivity contribution in [1.29, 1.82) is 0 Å². The van der Waals surface area contributed by atoms with Crippen molar-refractivity contribution in [3.05, 3.63) is 16.6 Å². The van der Waals surface area contributed by atoms with Crippen LogP contribution < -0.4 is 10.6 Å². The van der Waals surface area contributed by atoms with Crippen LogP contribution in [0.4, 0.5) is 0 Å². The number of rotatable bonds is 6. The topological polar surface area (TPSA) is 46.2 Å². The van der Waals surface area contributed by atoms with Crippen LogP contribution in [0.15, 0.2) is 10.9 Å². The molecule has 5 heteroatoms. The average molecular weight is 241 g/mol. The van der Waals surface area contributed by atoms with Gasteiger partial charge in [0.1, 0.15) is 0 Å². The molecule has 0 aromatic carbocycles. The molecule has 2 heterocycles. The van der Waals surface area contributed by atoms with Crippen molar-refractivity contribution < 1.29 is 4.74 Å². The van der Waals surface area contributed by atoms with Crippen molar-refractivity contribution in [1.82, 2.24) is 15.6 Å². The lowest BCUT2D eigenvalue weighted by atomic mass is 10.0. The van der Waals surface area contributed by atoms with Crippen LogP contribution in [0.2, 0.25) is 0 Å². The molecule has 0 bridgehead atoms. The highest BCUT2D eigenvalue weighted by Gasteiger charge is 2.26. The average Bonchev–Trinajstić information content (AvgIpc) is 2.91. The molecular formula is C11H19N3OS. The highest BCUT2D eigenvalue weighted by atomic mass is 32.1. The van der Waals surface area contributed by atoms with Gasteiger partial charge in [-0.15, -0.1) is 11.3 Å². The monoisotopic (exact) mass is 241 g/mol. The maximum atomic E-state index is 5.49. The molecule has 0 saturated carbocycles. The van der Waals surface area contributed by atoms with Crippen molar-refractivity contribution in [3.63, 3.8) is 0 Å². The Labute approximate surface area is 100 Å². The molecule has 2 unspecified atom stereocenters. The Morgan fingerprint density at radius 3 is 3.25 bits per heavy atom. The Kier molecular flexibility index (Phi) is 4.71. The van der Waals surface area contributed by atoms with Crippen LogP contribution in [0.1, 0.15) is 12.6 Å². The maximum Gasteiger partial charge on any atom is 0.0795 e. The molecule has 4 nitrogen and oxygen atoms in total. The Bertz CT molecular complexity index is 291. The van der Waals surface area contributed by atoms with E-state index in [4.69, 9.17) is 4.74 Å². The molecule has 2 N–H and O–H groups in total. The van der Waals surface area contributed by atoms with E-state index < -0.39 is 0 Å². The quantitative estimate of drug-likeness (QED) is 0.775. The lowest BCUT2D eigenvalue weighted by Crippen LogP contribution is -2.40. The first-order chi connectivity index (χ1) is 7.90. The number of hydrogen-bond acceptors (Lipinski definition) is 5. The van der Waals surface area contributed by atoms with Crippen LogP contribution in [0.5, 0.6) is 0 Å². The number of thiazole rings is 1. The van der Waals surface area contributed by atoms with Crippen LogP contribution in [0.25, 0.3) is 0 Å². The summed E-state index contributed by atoms with van der Waals surface area (Å²) in [6, 6.07) is 0.507. The fourth-order valence-corrected chi connectivity index (χ4v) is 2.56. The summed E-state index contributed by atoms with van der Waals surface area (Å²) in [6.07, 6.45) is 0. The number of nitrogens with zero attached hydrogens (tertiary/aromatic N) is 1. The van der Waals surface area contributed by atoms with E-state index in [1.54, 1.807) is 11.3 Å². The third-order valence-electron chi connectivity index (χ3n) is 2.86. The van der Waals surface area contributed by atoms with Gasteiger partial charge in [0.2, 0.25) is 0 Å². The molecule has 90 valence electrons. The van der Waals surface area contributed by atoms with Gasteiger partial charge in [0.25, 0.3) is 0 Å². The van der Waals surface area contributed by atoms with E-state index in [-0.39, 0.29) is 0 Å². The molecule has 0 aliphatic carbocycles. The first kappa shape index (κ1) is 12.0. The Balaban J connectivity index is 1.69. The normalized spacial score (nSPS) is 25.1. The second-order valence-corrected chi connectivity index (χ2v) is 4.79. The molecule has 1 aliphatic heterocycles. The van der Waals surface area contributed by atoms with Gasteiger partial charge in [-0.1, -0.05) is 6.92 Å². The van der Waals surface area contributed by atoms with Crippen molar-refractivity contribution in [3.8, 4) is 0 Å². The highest BCUT2D eigenvalue weighted by Crippen LogP contribution is 2.12. The van der Waals surface area contributed by atoms with Gasteiger partial charge >= 0.3 is 0 Å². The smallest absolute Gasteiger partial charge is 0.0795 e. The largest absolute Gasteiger partial charge is 0.379 e. The zero-order chi connectivity index (χ0) is 11.2. The first-order valence-electron chi connectivity index (χ1n) is 5.79. The lowest BCUT2D eigenvalue weighted by Gasteiger charge is -2.18. The fraction of sp³-hybridized carbons (Fsp3) is 0.727. The van der Waals surface area contributed by atoms with E-state index in [2.05, 4.69) is 27.9 Å². The number of likely N-dealkylation sites (N-methyl/N-ethyl adjacent to an activating group) is 1. The number of aromatic nitrogens is 1. The van der Waals surface area contributed by atoms with Gasteiger partial charge in [-0.2, -0.15) is 0 Å². The van der Waals surface area contributed by atoms with Crippen LogP contribution >= 0.6 is 11.3 Å². The molecule has 0 spiro atoms. The summed E-state index contributed by atoms with van der Waals surface area (Å²) < 4.78 is 5.49. The molecule has 1 aliphatic rings. The third-order valence-corrected chi connectivity index (χ3v) is 3.50. The Morgan fingerprint density at radius 2 is 2.50 bits per heavy atom. The van der Waals surface area contributed by atoms with Gasteiger partial charge in [0, 0.05) is 30.4 Å². The second-order valence-electron chi connectivity index (χ2n) is 4.07. The molecule has 1 aromatic rings. The lowest BCUT2D eigenvalue weighted by molar-refractivity contribution is 0.182. The summed E-state index contributed by atoms with van der Waals surface area (Å²) in [5.41, 5.74) is 3.00.